The molecule has 0 aromatic heterocycles. The fraction of sp³-hybridized carbons (Fsp3) is 0.833. The SMILES string of the molecule is C=C(COCCC(F)(F)C(F)(F)S(=O)(=O)O)C(=O)OC1(CC)CCCCCCC1. The van der Waals surface area contributed by atoms with Crippen LogP contribution in [0.25, 0.3) is 0 Å². The van der Waals surface area contributed by atoms with Gasteiger partial charge in [-0.25, -0.2) is 4.79 Å². The van der Waals surface area contributed by atoms with Crippen LogP contribution in [0, 0.1) is 0 Å². The summed E-state index contributed by atoms with van der Waals surface area (Å²) in [7, 11) is -6.29. The van der Waals surface area contributed by atoms with Gasteiger partial charge >= 0.3 is 27.3 Å². The van der Waals surface area contributed by atoms with E-state index in [1.54, 1.807) is 0 Å². The molecule has 11 heteroatoms. The molecule has 0 bridgehead atoms. The second-order valence-electron chi connectivity index (χ2n) is 7.30. The van der Waals surface area contributed by atoms with Gasteiger partial charge in [0.1, 0.15) is 5.60 Å². The van der Waals surface area contributed by atoms with Crippen molar-refractivity contribution >= 4 is 16.1 Å². The molecule has 1 N–H and O–H groups in total. The first-order valence-corrected chi connectivity index (χ1v) is 10.9. The second-order valence-corrected chi connectivity index (χ2v) is 8.76. The van der Waals surface area contributed by atoms with Gasteiger partial charge in [0, 0.05) is 6.42 Å². The average Bonchev–Trinajstić information content (AvgIpc) is 2.59. The lowest BCUT2D eigenvalue weighted by atomic mass is 9.85. The van der Waals surface area contributed by atoms with Gasteiger partial charge in [0.15, 0.2) is 0 Å². The molecule has 0 aliphatic heterocycles. The Kier molecular flexibility index (Phi) is 9.10. The van der Waals surface area contributed by atoms with E-state index in [9.17, 15) is 30.8 Å². The van der Waals surface area contributed by atoms with Crippen molar-refractivity contribution in [1.29, 1.82) is 0 Å². The first-order chi connectivity index (χ1) is 13.3. The summed E-state index contributed by atoms with van der Waals surface area (Å²) in [5.41, 5.74) is -0.782. The number of hydrogen-bond acceptors (Lipinski definition) is 5. The lowest BCUT2D eigenvalue weighted by Crippen LogP contribution is -2.47. The van der Waals surface area contributed by atoms with Crippen LogP contribution in [0.1, 0.15) is 64.7 Å². The van der Waals surface area contributed by atoms with Crippen LogP contribution in [0.15, 0.2) is 12.2 Å². The summed E-state index contributed by atoms with van der Waals surface area (Å²) < 4.78 is 92.5. The molecular weight excluding hydrogens is 420 g/mol. The maximum atomic E-state index is 13.4. The second kappa shape index (κ2) is 10.2. The highest BCUT2D eigenvalue weighted by Crippen LogP contribution is 2.40. The van der Waals surface area contributed by atoms with Gasteiger partial charge < -0.3 is 9.47 Å². The highest BCUT2D eigenvalue weighted by Gasteiger charge is 2.65. The van der Waals surface area contributed by atoms with Gasteiger partial charge in [-0.2, -0.15) is 26.0 Å². The van der Waals surface area contributed by atoms with E-state index in [4.69, 9.17) is 14.0 Å². The van der Waals surface area contributed by atoms with Gasteiger partial charge in [-0.1, -0.05) is 32.8 Å². The molecule has 0 amide bonds. The standard InChI is InChI=1S/C18H28F4O6S/c1-3-16(9-7-5-4-6-8-10-16)28-15(23)14(2)13-27-12-11-17(19,20)18(21,22)29(24,25)26/h2-13H2,1H3,(H,24,25,26). The number of halogens is 4. The van der Waals surface area contributed by atoms with E-state index in [0.717, 1.165) is 32.1 Å². The van der Waals surface area contributed by atoms with Crippen molar-refractivity contribution in [2.75, 3.05) is 13.2 Å². The predicted molar refractivity (Wildman–Crippen MR) is 97.5 cm³/mol. The van der Waals surface area contributed by atoms with Crippen LogP contribution >= 0.6 is 0 Å². The molecule has 1 rings (SSSR count). The highest BCUT2D eigenvalue weighted by molar-refractivity contribution is 7.87. The number of rotatable bonds is 10. The Hall–Kier alpha value is -1.20. The van der Waals surface area contributed by atoms with Gasteiger partial charge in [-0.05, 0) is 32.1 Å². The Labute approximate surface area is 168 Å². The largest absolute Gasteiger partial charge is 0.456 e. The first kappa shape index (κ1) is 25.8. The van der Waals surface area contributed by atoms with Crippen LogP contribution in [0.5, 0.6) is 0 Å². The Balaban J connectivity index is 2.54. The van der Waals surface area contributed by atoms with Crippen molar-refractivity contribution in [2.24, 2.45) is 0 Å². The lowest BCUT2D eigenvalue weighted by Gasteiger charge is -2.34. The number of alkyl halides is 4. The zero-order chi connectivity index (χ0) is 22.3. The molecular formula is C18H28F4O6S. The Morgan fingerprint density at radius 2 is 1.62 bits per heavy atom. The molecule has 0 unspecified atom stereocenters. The molecule has 0 saturated heterocycles. The molecule has 0 aromatic rings. The number of ether oxygens (including phenoxy) is 2. The van der Waals surface area contributed by atoms with Crippen LogP contribution in [0.3, 0.4) is 0 Å². The Bertz CT molecular complexity index is 670. The summed E-state index contributed by atoms with van der Waals surface area (Å²) in [4.78, 5) is 12.3. The quantitative estimate of drug-likeness (QED) is 0.174. The summed E-state index contributed by atoms with van der Waals surface area (Å²) in [6.45, 7) is 3.87. The molecule has 0 heterocycles. The van der Waals surface area contributed by atoms with Crippen molar-refractivity contribution in [3.8, 4) is 0 Å². The predicted octanol–water partition coefficient (Wildman–Crippen LogP) is 4.50. The Morgan fingerprint density at radius 1 is 1.10 bits per heavy atom. The normalized spacial score (nSPS) is 18.6. The van der Waals surface area contributed by atoms with Crippen molar-refractivity contribution < 1.29 is 44.8 Å². The molecule has 0 radical (unpaired) electrons. The molecule has 0 aromatic carbocycles. The molecule has 170 valence electrons. The average molecular weight is 448 g/mol. The molecule has 0 atom stereocenters. The van der Waals surface area contributed by atoms with Gasteiger partial charge in [0.25, 0.3) is 0 Å². The number of hydrogen-bond donors (Lipinski definition) is 1. The minimum Gasteiger partial charge on any atom is -0.456 e. The molecule has 0 spiro atoms. The monoisotopic (exact) mass is 448 g/mol. The van der Waals surface area contributed by atoms with Gasteiger partial charge in [0.2, 0.25) is 0 Å². The maximum absolute atomic E-state index is 13.4. The number of carbonyl (C=O) groups excluding carboxylic acids is 1. The lowest BCUT2D eigenvalue weighted by molar-refractivity contribution is -0.170. The fourth-order valence-electron chi connectivity index (χ4n) is 3.14. The van der Waals surface area contributed by atoms with E-state index in [1.807, 2.05) is 6.92 Å². The van der Waals surface area contributed by atoms with Gasteiger partial charge in [-0.15, -0.1) is 0 Å². The van der Waals surface area contributed by atoms with Crippen LogP contribution in [0.4, 0.5) is 17.6 Å². The van der Waals surface area contributed by atoms with Crippen LogP contribution in [-0.2, 0) is 24.4 Å². The zero-order valence-corrected chi connectivity index (χ0v) is 17.2. The summed E-state index contributed by atoms with van der Waals surface area (Å²) in [5, 5.41) is -5.65. The summed E-state index contributed by atoms with van der Waals surface area (Å²) in [5.74, 6) is -5.80. The number of carbonyl (C=O) groups is 1. The maximum Gasteiger partial charge on any atom is 0.431 e. The van der Waals surface area contributed by atoms with Gasteiger partial charge in [-0.3, -0.25) is 4.55 Å². The van der Waals surface area contributed by atoms with Crippen LogP contribution in [0.2, 0.25) is 0 Å². The Morgan fingerprint density at radius 3 is 2.10 bits per heavy atom. The third-order valence-electron chi connectivity index (χ3n) is 5.09. The van der Waals surface area contributed by atoms with Crippen LogP contribution in [-0.4, -0.2) is 48.9 Å². The van der Waals surface area contributed by atoms with E-state index >= 15 is 0 Å². The van der Waals surface area contributed by atoms with Gasteiger partial charge in [0.05, 0.1) is 18.8 Å². The summed E-state index contributed by atoms with van der Waals surface area (Å²) >= 11 is 0. The van der Waals surface area contributed by atoms with Crippen molar-refractivity contribution in [3.05, 3.63) is 12.2 Å². The summed E-state index contributed by atoms with van der Waals surface area (Å²) in [6, 6.07) is 0. The van der Waals surface area contributed by atoms with Crippen molar-refractivity contribution in [3.63, 3.8) is 0 Å². The van der Waals surface area contributed by atoms with E-state index < -0.39 is 52.5 Å². The minimum absolute atomic E-state index is 0.162. The highest BCUT2D eigenvalue weighted by atomic mass is 32.2. The number of esters is 1. The molecule has 1 aliphatic carbocycles. The van der Waals surface area contributed by atoms with Crippen molar-refractivity contribution in [1.82, 2.24) is 0 Å². The van der Waals surface area contributed by atoms with E-state index in [2.05, 4.69) is 6.58 Å². The molecule has 29 heavy (non-hydrogen) atoms. The topological polar surface area (TPSA) is 89.9 Å². The first-order valence-electron chi connectivity index (χ1n) is 9.49. The molecule has 1 fully saturated rings. The van der Waals surface area contributed by atoms with Crippen molar-refractivity contribution in [2.45, 2.75) is 81.5 Å². The van der Waals surface area contributed by atoms with E-state index in [1.165, 1.54) is 0 Å². The van der Waals surface area contributed by atoms with E-state index in [-0.39, 0.29) is 5.57 Å². The third-order valence-corrected chi connectivity index (χ3v) is 6.04. The summed E-state index contributed by atoms with van der Waals surface area (Å²) in [6.07, 6.45) is 5.42. The van der Waals surface area contributed by atoms with E-state index in [0.29, 0.717) is 19.3 Å². The molecule has 1 aliphatic rings. The molecule has 6 nitrogen and oxygen atoms in total. The smallest absolute Gasteiger partial charge is 0.431 e. The third kappa shape index (κ3) is 6.92. The van der Waals surface area contributed by atoms with Crippen LogP contribution < -0.4 is 0 Å². The zero-order valence-electron chi connectivity index (χ0n) is 16.4. The molecule has 1 saturated carbocycles. The minimum atomic E-state index is -6.29. The fourth-order valence-corrected chi connectivity index (χ4v) is 3.61.